The van der Waals surface area contributed by atoms with E-state index in [1.165, 1.54) is 18.6 Å². The van der Waals surface area contributed by atoms with Gasteiger partial charge < -0.3 is 15.2 Å². The van der Waals surface area contributed by atoms with Gasteiger partial charge in [-0.15, -0.1) is 10.2 Å². The minimum absolute atomic E-state index is 0.00884. The van der Waals surface area contributed by atoms with E-state index in [1.807, 2.05) is 17.7 Å². The average Bonchev–Trinajstić information content (AvgIpc) is 3.27. The van der Waals surface area contributed by atoms with Crippen LogP contribution in [0.5, 0.6) is 0 Å². The maximum absolute atomic E-state index is 12.6. The maximum atomic E-state index is 12.6. The van der Waals surface area contributed by atoms with Crippen LogP contribution in [0.1, 0.15) is 28.8 Å². The highest BCUT2D eigenvalue weighted by molar-refractivity contribution is 7.91. The van der Waals surface area contributed by atoms with E-state index in [0.29, 0.717) is 35.1 Å². The van der Waals surface area contributed by atoms with Gasteiger partial charge in [-0.3, -0.25) is 9.78 Å². The average molecular weight is 493 g/mol. The molecule has 0 unspecified atom stereocenters. The Bertz CT molecular complexity index is 1420. The van der Waals surface area contributed by atoms with Crippen LogP contribution >= 0.6 is 0 Å². The standard InChI is InChI=1S/C23H24N8O3S/c1-3-35(33,34)19-8-7-18(25-13-19)12-27-23(32)16-5-4-6-17(11-16)26-14-21-29-30-22(31(21)2)20-9-10-24-15-28-20/h4-11,13,15,26H,3,12,14H2,1-2H3,(H,27,32). The summed E-state index contributed by atoms with van der Waals surface area (Å²) in [5.74, 6) is 1.07. The largest absolute Gasteiger partial charge is 0.378 e. The summed E-state index contributed by atoms with van der Waals surface area (Å²) in [6.45, 7) is 2.15. The number of sulfone groups is 1. The van der Waals surface area contributed by atoms with Crippen LogP contribution in [0.4, 0.5) is 5.69 Å². The third kappa shape index (κ3) is 5.66. The van der Waals surface area contributed by atoms with Gasteiger partial charge in [0.2, 0.25) is 0 Å². The number of anilines is 1. The summed E-state index contributed by atoms with van der Waals surface area (Å²) in [5.41, 5.74) is 2.46. The van der Waals surface area contributed by atoms with Crippen molar-refractivity contribution in [3.05, 3.63) is 78.3 Å². The fraction of sp³-hybridized carbons (Fsp3) is 0.217. The molecule has 11 nitrogen and oxygen atoms in total. The normalized spacial score (nSPS) is 11.3. The van der Waals surface area contributed by atoms with Crippen LogP contribution < -0.4 is 10.6 Å². The van der Waals surface area contributed by atoms with Crippen molar-refractivity contribution >= 4 is 21.4 Å². The number of nitrogens with one attached hydrogen (secondary N) is 2. The Hall–Kier alpha value is -4.19. The molecule has 0 aliphatic heterocycles. The number of amides is 1. The fourth-order valence-corrected chi connectivity index (χ4v) is 4.07. The van der Waals surface area contributed by atoms with E-state index in [2.05, 4.69) is 35.8 Å². The zero-order valence-corrected chi connectivity index (χ0v) is 20.0. The first-order valence-corrected chi connectivity index (χ1v) is 12.5. The topological polar surface area (TPSA) is 145 Å². The second-order valence-corrected chi connectivity index (χ2v) is 9.88. The van der Waals surface area contributed by atoms with Crippen LogP contribution in [-0.4, -0.2) is 49.8 Å². The Morgan fingerprint density at radius 2 is 1.91 bits per heavy atom. The van der Waals surface area contributed by atoms with Gasteiger partial charge in [0, 0.05) is 30.7 Å². The number of carbonyl (C=O) groups excluding carboxylic acids is 1. The van der Waals surface area contributed by atoms with Crippen molar-refractivity contribution in [2.45, 2.75) is 24.9 Å². The lowest BCUT2D eigenvalue weighted by molar-refractivity contribution is 0.0950. The number of nitrogens with zero attached hydrogens (tertiary/aromatic N) is 6. The van der Waals surface area contributed by atoms with Gasteiger partial charge in [0.05, 0.1) is 29.4 Å². The number of rotatable bonds is 9. The van der Waals surface area contributed by atoms with E-state index >= 15 is 0 Å². The molecular formula is C23H24N8O3S. The summed E-state index contributed by atoms with van der Waals surface area (Å²) < 4.78 is 25.6. The zero-order chi connectivity index (χ0) is 24.8. The van der Waals surface area contributed by atoms with E-state index in [-0.39, 0.29) is 23.1 Å². The highest BCUT2D eigenvalue weighted by atomic mass is 32.2. The van der Waals surface area contributed by atoms with Crippen molar-refractivity contribution in [2.75, 3.05) is 11.1 Å². The first kappa shape index (κ1) is 24.0. The van der Waals surface area contributed by atoms with Crippen LogP contribution in [0, 0.1) is 0 Å². The van der Waals surface area contributed by atoms with Gasteiger partial charge in [0.15, 0.2) is 21.5 Å². The molecule has 3 aromatic heterocycles. The summed E-state index contributed by atoms with van der Waals surface area (Å²) in [7, 11) is -1.45. The number of carbonyl (C=O) groups is 1. The summed E-state index contributed by atoms with van der Waals surface area (Å²) in [5, 5.41) is 14.5. The number of benzene rings is 1. The van der Waals surface area contributed by atoms with Crippen molar-refractivity contribution in [2.24, 2.45) is 7.05 Å². The van der Waals surface area contributed by atoms with Crippen molar-refractivity contribution in [3.63, 3.8) is 0 Å². The molecular weight excluding hydrogens is 468 g/mol. The molecule has 0 aliphatic rings. The van der Waals surface area contributed by atoms with Gasteiger partial charge in [0.25, 0.3) is 5.91 Å². The minimum atomic E-state index is -3.31. The monoisotopic (exact) mass is 492 g/mol. The van der Waals surface area contributed by atoms with Gasteiger partial charge in [-0.1, -0.05) is 13.0 Å². The molecule has 1 aromatic carbocycles. The van der Waals surface area contributed by atoms with Crippen molar-refractivity contribution < 1.29 is 13.2 Å². The maximum Gasteiger partial charge on any atom is 0.251 e. The lowest BCUT2D eigenvalue weighted by Crippen LogP contribution is -2.23. The molecule has 35 heavy (non-hydrogen) atoms. The molecule has 2 N–H and O–H groups in total. The molecule has 1 amide bonds. The van der Waals surface area contributed by atoms with E-state index in [1.54, 1.807) is 43.5 Å². The summed E-state index contributed by atoms with van der Waals surface area (Å²) in [6.07, 6.45) is 4.42. The van der Waals surface area contributed by atoms with Crippen LogP contribution in [0.25, 0.3) is 11.5 Å². The Morgan fingerprint density at radius 3 is 2.63 bits per heavy atom. The number of hydrogen-bond acceptors (Lipinski definition) is 9. The minimum Gasteiger partial charge on any atom is -0.378 e. The van der Waals surface area contributed by atoms with Crippen LogP contribution in [-0.2, 0) is 30.0 Å². The van der Waals surface area contributed by atoms with Gasteiger partial charge >= 0.3 is 0 Å². The lowest BCUT2D eigenvalue weighted by Gasteiger charge is -2.09. The summed E-state index contributed by atoms with van der Waals surface area (Å²) in [4.78, 5) is 25.1. The summed E-state index contributed by atoms with van der Waals surface area (Å²) in [6, 6.07) is 11.9. The molecule has 0 bridgehead atoms. The molecule has 4 rings (SSSR count). The first-order valence-electron chi connectivity index (χ1n) is 10.8. The van der Waals surface area contributed by atoms with Crippen LogP contribution in [0.3, 0.4) is 0 Å². The molecule has 0 radical (unpaired) electrons. The van der Waals surface area contributed by atoms with E-state index < -0.39 is 9.84 Å². The Balaban J connectivity index is 1.36. The van der Waals surface area contributed by atoms with Crippen LogP contribution in [0.15, 0.2) is 66.1 Å². The van der Waals surface area contributed by atoms with Gasteiger partial charge in [-0.05, 0) is 36.4 Å². The molecule has 0 fully saturated rings. The third-order valence-electron chi connectivity index (χ3n) is 5.32. The second kappa shape index (κ2) is 10.4. The predicted octanol–water partition coefficient (Wildman–Crippen LogP) is 2.00. The molecule has 12 heteroatoms. The van der Waals surface area contributed by atoms with Gasteiger partial charge in [-0.2, -0.15) is 0 Å². The molecule has 0 atom stereocenters. The third-order valence-corrected chi connectivity index (χ3v) is 7.04. The highest BCUT2D eigenvalue weighted by Crippen LogP contribution is 2.16. The number of aromatic nitrogens is 6. The summed E-state index contributed by atoms with van der Waals surface area (Å²) >= 11 is 0. The van der Waals surface area contributed by atoms with E-state index in [0.717, 1.165) is 5.69 Å². The molecule has 3 heterocycles. The Kier molecular flexibility index (Phi) is 7.11. The highest BCUT2D eigenvalue weighted by Gasteiger charge is 2.13. The van der Waals surface area contributed by atoms with Crippen molar-refractivity contribution in [3.8, 4) is 11.5 Å². The fourth-order valence-electron chi connectivity index (χ4n) is 3.25. The second-order valence-electron chi connectivity index (χ2n) is 7.60. The van der Waals surface area contributed by atoms with Crippen molar-refractivity contribution in [1.29, 1.82) is 0 Å². The zero-order valence-electron chi connectivity index (χ0n) is 19.2. The Morgan fingerprint density at radius 1 is 1.06 bits per heavy atom. The lowest BCUT2D eigenvalue weighted by atomic mass is 10.2. The molecule has 0 saturated carbocycles. The van der Waals surface area contributed by atoms with E-state index in [4.69, 9.17) is 0 Å². The van der Waals surface area contributed by atoms with Crippen molar-refractivity contribution in [1.82, 2.24) is 35.0 Å². The molecule has 0 spiro atoms. The van der Waals surface area contributed by atoms with Gasteiger partial charge in [0.1, 0.15) is 12.0 Å². The quantitative estimate of drug-likeness (QED) is 0.358. The predicted molar refractivity (Wildman–Crippen MR) is 129 cm³/mol. The SMILES string of the molecule is CCS(=O)(=O)c1ccc(CNC(=O)c2cccc(NCc3nnc(-c4ccncn4)n3C)c2)nc1. The first-order chi connectivity index (χ1) is 16.9. The molecule has 180 valence electrons. The smallest absolute Gasteiger partial charge is 0.251 e. The van der Waals surface area contributed by atoms with Gasteiger partial charge in [-0.25, -0.2) is 18.4 Å². The Labute approximate surface area is 202 Å². The molecule has 0 saturated heterocycles. The number of pyridine rings is 1. The number of hydrogen-bond donors (Lipinski definition) is 2. The van der Waals surface area contributed by atoms with Crippen LogP contribution in [0.2, 0.25) is 0 Å². The molecule has 0 aliphatic carbocycles. The molecule has 4 aromatic rings. The van der Waals surface area contributed by atoms with E-state index in [9.17, 15) is 13.2 Å².